The van der Waals surface area contributed by atoms with Gasteiger partial charge in [-0.3, -0.25) is 4.98 Å². The Bertz CT molecular complexity index is 431. The van der Waals surface area contributed by atoms with E-state index in [1.807, 2.05) is 0 Å². The molecule has 4 heteroatoms. The van der Waals surface area contributed by atoms with Crippen LogP contribution < -0.4 is 6.15 Å². The second-order valence-electron chi connectivity index (χ2n) is 2.45. The molecule has 0 bridgehead atoms. The minimum Gasteiger partial charge on any atom is -0.256 e. The van der Waals surface area contributed by atoms with Gasteiger partial charge < -0.3 is 0 Å². The standard InChI is InChI=1S/C9H5BrFN.N/c10-8-3-4-12-9-2-1-6(11)5-7(8)9;/h1-5H;. The largest absolute Gasteiger partial charge is 0.256 e. The lowest BCUT2D eigenvalue weighted by molar-refractivity contribution is 0.629. The minimum absolute atomic E-state index is 0. The molecule has 13 heavy (non-hydrogen) atoms. The molecule has 0 saturated carbocycles. The smallest absolute Gasteiger partial charge is 0.124 e. The number of aromatic nitrogens is 1. The van der Waals surface area contributed by atoms with Crippen LogP contribution in [0.1, 0.15) is 0 Å². The summed E-state index contributed by atoms with van der Waals surface area (Å²) in [7, 11) is 0. The van der Waals surface area contributed by atoms with Gasteiger partial charge in [0, 0.05) is 22.2 Å². The number of fused-ring (bicyclic) bond motifs is 1. The van der Waals surface area contributed by atoms with Crippen LogP contribution in [0.3, 0.4) is 0 Å². The molecule has 0 N–H and O–H groups in total. The second-order valence-corrected chi connectivity index (χ2v) is 3.31. The first-order chi connectivity index (χ1) is 5.77. The fourth-order valence-corrected chi connectivity index (χ4v) is 1.52. The molecule has 2 nitrogen and oxygen atoms in total. The summed E-state index contributed by atoms with van der Waals surface area (Å²) in [6, 6.07) is 6.32. The predicted molar refractivity (Wildman–Crippen MR) is 51.5 cm³/mol. The van der Waals surface area contributed by atoms with Crippen LogP contribution >= 0.6 is 15.9 Å². The van der Waals surface area contributed by atoms with Crippen molar-refractivity contribution in [2.45, 2.75) is 0 Å². The van der Waals surface area contributed by atoms with E-state index in [1.165, 1.54) is 12.1 Å². The average Bonchev–Trinajstić information content (AvgIpc) is 2.07. The summed E-state index contributed by atoms with van der Waals surface area (Å²) in [6.07, 6.45) is 1.68. The van der Waals surface area contributed by atoms with Crippen molar-refractivity contribution < 1.29 is 4.39 Å². The van der Waals surface area contributed by atoms with Crippen molar-refractivity contribution in [1.82, 2.24) is 11.1 Å². The number of pyridine rings is 1. The molecule has 2 aromatic rings. The Balaban J connectivity index is 0.000000845. The molecule has 0 fully saturated rings. The third-order valence-electron chi connectivity index (χ3n) is 1.65. The van der Waals surface area contributed by atoms with Gasteiger partial charge in [0.05, 0.1) is 5.52 Å². The maximum atomic E-state index is 12.8. The molecule has 1 aromatic heterocycles. The molecule has 0 spiro atoms. The third-order valence-corrected chi connectivity index (χ3v) is 2.34. The molecule has 0 aliphatic carbocycles. The third kappa shape index (κ3) is 1.84. The van der Waals surface area contributed by atoms with Gasteiger partial charge in [-0.15, -0.1) is 0 Å². The van der Waals surface area contributed by atoms with Gasteiger partial charge in [0.25, 0.3) is 0 Å². The van der Waals surface area contributed by atoms with Gasteiger partial charge in [-0.1, -0.05) is 15.9 Å². The van der Waals surface area contributed by atoms with Crippen molar-refractivity contribution in [2.24, 2.45) is 0 Å². The first kappa shape index (κ1) is 10.1. The van der Waals surface area contributed by atoms with E-state index in [4.69, 9.17) is 0 Å². The highest BCUT2D eigenvalue weighted by atomic mass is 79.9. The van der Waals surface area contributed by atoms with Gasteiger partial charge >= 0.3 is 0 Å². The molecular formula is C9H5BrFN2. The van der Waals surface area contributed by atoms with Crippen molar-refractivity contribution in [2.75, 3.05) is 0 Å². The molecule has 0 saturated heterocycles. The van der Waals surface area contributed by atoms with Crippen LogP contribution in [0.25, 0.3) is 10.9 Å². The van der Waals surface area contributed by atoms with Gasteiger partial charge in [-0.25, -0.2) is 4.39 Å². The summed E-state index contributed by atoms with van der Waals surface area (Å²) in [5, 5.41) is 0.803. The summed E-state index contributed by atoms with van der Waals surface area (Å²) in [5.74, 6) is -0.240. The Morgan fingerprint density at radius 2 is 2.00 bits per heavy atom. The fraction of sp³-hybridized carbons (Fsp3) is 0. The van der Waals surface area contributed by atoms with Gasteiger partial charge in [-0.05, 0) is 24.3 Å². The Morgan fingerprint density at radius 1 is 1.23 bits per heavy atom. The van der Waals surface area contributed by atoms with E-state index in [2.05, 4.69) is 20.9 Å². The molecule has 1 aromatic carbocycles. The number of hydrogen-bond donors (Lipinski definition) is 0. The first-order valence-corrected chi connectivity index (χ1v) is 4.26. The highest BCUT2D eigenvalue weighted by Crippen LogP contribution is 2.22. The van der Waals surface area contributed by atoms with Crippen molar-refractivity contribution >= 4 is 26.8 Å². The molecule has 65 valence electrons. The average molecular weight is 240 g/mol. The van der Waals surface area contributed by atoms with Crippen LogP contribution in [0.2, 0.25) is 0 Å². The van der Waals surface area contributed by atoms with Crippen molar-refractivity contribution in [1.29, 1.82) is 0 Å². The van der Waals surface area contributed by atoms with E-state index in [9.17, 15) is 4.39 Å². The summed E-state index contributed by atoms with van der Waals surface area (Å²) < 4.78 is 13.6. The highest BCUT2D eigenvalue weighted by molar-refractivity contribution is 9.10. The molecule has 0 unspecified atom stereocenters. The molecule has 0 aliphatic rings. The zero-order valence-corrected chi connectivity index (χ0v) is 8.12. The van der Waals surface area contributed by atoms with E-state index in [1.54, 1.807) is 18.3 Å². The number of halogens is 2. The van der Waals surface area contributed by atoms with E-state index in [0.717, 1.165) is 15.4 Å². The van der Waals surface area contributed by atoms with E-state index in [-0.39, 0.29) is 12.0 Å². The molecular weight excluding hydrogens is 235 g/mol. The highest BCUT2D eigenvalue weighted by Gasteiger charge is 1.99. The maximum absolute atomic E-state index is 12.8. The molecule has 1 heterocycles. The Morgan fingerprint density at radius 3 is 2.77 bits per heavy atom. The summed E-state index contributed by atoms with van der Waals surface area (Å²) in [4.78, 5) is 4.09. The number of benzene rings is 1. The molecule has 0 aliphatic heterocycles. The topological polar surface area (TPSA) is 43.4 Å². The predicted octanol–water partition coefficient (Wildman–Crippen LogP) is 2.66. The van der Waals surface area contributed by atoms with Crippen LogP contribution in [-0.2, 0) is 0 Å². The van der Waals surface area contributed by atoms with Gasteiger partial charge in [-0.2, -0.15) is 0 Å². The number of hydrogen-bond acceptors (Lipinski definition) is 1. The number of rotatable bonds is 0. The Kier molecular flexibility index (Phi) is 2.95. The first-order valence-electron chi connectivity index (χ1n) is 3.47. The lowest BCUT2D eigenvalue weighted by Crippen LogP contribution is -1.80. The second kappa shape index (κ2) is 3.81. The molecule has 0 atom stereocenters. The summed E-state index contributed by atoms with van der Waals surface area (Å²) >= 11 is 3.32. The zero-order chi connectivity index (χ0) is 8.55. The molecule has 3 radical (unpaired) electrons. The summed E-state index contributed by atoms with van der Waals surface area (Å²) in [5.41, 5.74) is 0.797. The maximum Gasteiger partial charge on any atom is 0.124 e. The lowest BCUT2D eigenvalue weighted by atomic mass is 10.2. The zero-order valence-electron chi connectivity index (χ0n) is 6.54. The van der Waals surface area contributed by atoms with Crippen molar-refractivity contribution in [3.05, 3.63) is 40.8 Å². The van der Waals surface area contributed by atoms with E-state index < -0.39 is 0 Å². The Hall–Kier alpha value is -1.00. The molecule has 0 amide bonds. The minimum atomic E-state index is -0.240. The van der Waals surface area contributed by atoms with E-state index >= 15 is 0 Å². The monoisotopic (exact) mass is 239 g/mol. The quantitative estimate of drug-likeness (QED) is 0.697. The van der Waals surface area contributed by atoms with Crippen LogP contribution in [0.5, 0.6) is 0 Å². The lowest BCUT2D eigenvalue weighted by Gasteiger charge is -1.98. The SMILES string of the molecule is Fc1ccc2nccc(Br)c2c1.[N]. The van der Waals surface area contributed by atoms with Crippen LogP contribution in [0, 0.1) is 5.82 Å². The van der Waals surface area contributed by atoms with Gasteiger partial charge in [0.15, 0.2) is 0 Å². The van der Waals surface area contributed by atoms with Crippen LogP contribution in [-0.4, -0.2) is 4.98 Å². The van der Waals surface area contributed by atoms with Crippen molar-refractivity contribution in [3.63, 3.8) is 0 Å². The molecule has 2 rings (SSSR count). The fourth-order valence-electron chi connectivity index (χ4n) is 1.08. The van der Waals surface area contributed by atoms with Crippen molar-refractivity contribution in [3.8, 4) is 0 Å². The number of nitrogens with zero attached hydrogens (tertiary/aromatic N) is 2. The van der Waals surface area contributed by atoms with Crippen LogP contribution in [0.4, 0.5) is 4.39 Å². The Labute approximate surface area is 83.5 Å². The normalized spacial score (nSPS) is 9.69. The van der Waals surface area contributed by atoms with Gasteiger partial charge in [0.2, 0.25) is 0 Å². The van der Waals surface area contributed by atoms with E-state index in [0.29, 0.717) is 0 Å². The summed E-state index contributed by atoms with van der Waals surface area (Å²) in [6.45, 7) is 0. The van der Waals surface area contributed by atoms with Crippen LogP contribution in [0.15, 0.2) is 34.9 Å². The van der Waals surface area contributed by atoms with Gasteiger partial charge in [0.1, 0.15) is 5.82 Å².